The van der Waals surface area contributed by atoms with Crippen LogP contribution in [0.15, 0.2) is 72.9 Å². The van der Waals surface area contributed by atoms with E-state index in [-0.39, 0.29) is 30.7 Å². The summed E-state index contributed by atoms with van der Waals surface area (Å²) in [6, 6.07) is 17.8. The molecule has 1 aliphatic rings. The maximum Gasteiger partial charge on any atom is 0.416 e. The van der Waals surface area contributed by atoms with Crippen LogP contribution in [0.1, 0.15) is 54.2 Å². The van der Waals surface area contributed by atoms with Crippen LogP contribution in [0.4, 0.5) is 13.2 Å². The minimum Gasteiger partial charge on any atom is -0.350 e. The average molecular weight is 470 g/mol. The highest BCUT2D eigenvalue weighted by Crippen LogP contribution is 2.33. The van der Waals surface area contributed by atoms with Crippen LogP contribution in [0.5, 0.6) is 0 Å². The number of nitrogens with zero attached hydrogens (tertiary/aromatic N) is 2. The minimum atomic E-state index is -4.45. The lowest BCUT2D eigenvalue weighted by Crippen LogP contribution is -2.42. The molecule has 0 aliphatic carbocycles. The van der Waals surface area contributed by atoms with E-state index in [0.29, 0.717) is 18.7 Å². The van der Waals surface area contributed by atoms with Crippen LogP contribution >= 0.6 is 0 Å². The summed E-state index contributed by atoms with van der Waals surface area (Å²) in [4.78, 5) is 27.4. The molecular weight excluding hydrogens is 443 g/mol. The van der Waals surface area contributed by atoms with Crippen molar-refractivity contribution in [2.45, 2.75) is 44.6 Å². The Balaban J connectivity index is 1.40. The first kappa shape index (κ1) is 23.6. The van der Waals surface area contributed by atoms with Gasteiger partial charge in [0, 0.05) is 37.8 Å². The van der Waals surface area contributed by atoms with Gasteiger partial charge in [0.25, 0.3) is 0 Å². The lowest BCUT2D eigenvalue weighted by Gasteiger charge is -2.37. The van der Waals surface area contributed by atoms with Gasteiger partial charge in [-0.15, -0.1) is 0 Å². The third-order valence-corrected chi connectivity index (χ3v) is 6.13. The molecular formula is C26H26F3N3O2. The van der Waals surface area contributed by atoms with Gasteiger partial charge in [-0.05, 0) is 42.3 Å². The molecule has 1 aliphatic heterocycles. The van der Waals surface area contributed by atoms with E-state index in [4.69, 9.17) is 0 Å². The van der Waals surface area contributed by atoms with Crippen LogP contribution in [-0.2, 0) is 22.3 Å². The van der Waals surface area contributed by atoms with E-state index < -0.39 is 17.8 Å². The molecule has 2 heterocycles. The monoisotopic (exact) mass is 469 g/mol. The van der Waals surface area contributed by atoms with Gasteiger partial charge in [0.2, 0.25) is 11.8 Å². The minimum absolute atomic E-state index is 0.0190. The zero-order valence-corrected chi connectivity index (χ0v) is 18.8. The van der Waals surface area contributed by atoms with Gasteiger partial charge in [0.15, 0.2) is 0 Å². The van der Waals surface area contributed by atoms with E-state index >= 15 is 0 Å². The number of carbonyl (C=O) groups is 2. The largest absolute Gasteiger partial charge is 0.416 e. The van der Waals surface area contributed by atoms with Crippen LogP contribution in [0, 0.1) is 0 Å². The molecule has 5 nitrogen and oxygen atoms in total. The second-order valence-electron chi connectivity index (χ2n) is 8.44. The number of amides is 2. The quantitative estimate of drug-likeness (QED) is 0.546. The molecule has 34 heavy (non-hydrogen) atoms. The normalized spacial score (nSPS) is 16.6. The third kappa shape index (κ3) is 5.16. The van der Waals surface area contributed by atoms with Crippen LogP contribution in [0.2, 0.25) is 0 Å². The highest BCUT2D eigenvalue weighted by Gasteiger charge is 2.32. The number of carbonyl (C=O) groups excluding carboxylic acids is 2. The van der Waals surface area contributed by atoms with Crippen molar-refractivity contribution in [2.24, 2.45) is 0 Å². The molecule has 0 bridgehead atoms. The molecule has 2 unspecified atom stereocenters. The summed E-state index contributed by atoms with van der Waals surface area (Å²) in [5.41, 5.74) is 1.62. The molecule has 0 saturated heterocycles. The number of rotatable bonds is 6. The molecule has 2 amide bonds. The number of aromatic nitrogens is 1. The van der Waals surface area contributed by atoms with Gasteiger partial charge in [-0.1, -0.05) is 42.5 Å². The number of fused-ring (bicyclic) bond motifs is 1. The lowest BCUT2D eigenvalue weighted by atomic mass is 9.99. The number of hydrogen-bond donors (Lipinski definition) is 1. The van der Waals surface area contributed by atoms with Gasteiger partial charge in [-0.25, -0.2) is 0 Å². The van der Waals surface area contributed by atoms with Crippen LogP contribution in [0.25, 0.3) is 0 Å². The van der Waals surface area contributed by atoms with E-state index in [1.807, 2.05) is 48.7 Å². The smallest absolute Gasteiger partial charge is 0.350 e. The Morgan fingerprint density at radius 1 is 1.00 bits per heavy atom. The van der Waals surface area contributed by atoms with E-state index in [9.17, 15) is 22.8 Å². The molecule has 8 heteroatoms. The summed E-state index contributed by atoms with van der Waals surface area (Å²) in [6.07, 6.45) is -2.47. The Morgan fingerprint density at radius 3 is 2.50 bits per heavy atom. The summed E-state index contributed by atoms with van der Waals surface area (Å²) in [5, 5.41) is 2.71. The van der Waals surface area contributed by atoms with Gasteiger partial charge in [-0.3, -0.25) is 9.59 Å². The van der Waals surface area contributed by atoms with Gasteiger partial charge in [-0.2, -0.15) is 13.2 Å². The predicted molar refractivity (Wildman–Crippen MR) is 122 cm³/mol. The molecule has 1 aromatic heterocycles. The van der Waals surface area contributed by atoms with Crippen LogP contribution < -0.4 is 5.32 Å². The molecule has 178 valence electrons. The van der Waals surface area contributed by atoms with Crippen molar-refractivity contribution < 1.29 is 22.8 Å². The third-order valence-electron chi connectivity index (χ3n) is 6.13. The first-order chi connectivity index (χ1) is 16.2. The predicted octanol–water partition coefficient (Wildman–Crippen LogP) is 5.10. The van der Waals surface area contributed by atoms with E-state index in [0.717, 1.165) is 23.4 Å². The zero-order chi connectivity index (χ0) is 24.3. The molecule has 2 aromatic carbocycles. The summed E-state index contributed by atoms with van der Waals surface area (Å²) in [6.45, 7) is 2.83. The van der Waals surface area contributed by atoms with Crippen molar-refractivity contribution in [1.29, 1.82) is 0 Å². The summed E-state index contributed by atoms with van der Waals surface area (Å²) in [7, 11) is 0. The van der Waals surface area contributed by atoms with E-state index in [2.05, 4.69) is 9.88 Å². The van der Waals surface area contributed by atoms with Crippen molar-refractivity contribution in [3.63, 3.8) is 0 Å². The zero-order valence-electron chi connectivity index (χ0n) is 18.8. The fourth-order valence-electron chi connectivity index (χ4n) is 4.38. The standard InChI is InChI=1S/C26H26F3N3O2/c1-18(20-9-5-10-21(17-20)26(27,28)29)30-23(33)12-13-24(34)32-16-15-31-14-6-11-22(31)25(32)19-7-3-2-4-8-19/h2-11,14,17-18,25H,12-13,15-16H2,1H3,(H,30,33). The molecule has 3 aromatic rings. The van der Waals surface area contributed by atoms with Gasteiger partial charge >= 0.3 is 6.18 Å². The first-order valence-electron chi connectivity index (χ1n) is 11.2. The molecule has 0 fully saturated rings. The lowest BCUT2D eigenvalue weighted by molar-refractivity contribution is -0.137. The Bertz CT molecular complexity index is 1160. The molecule has 0 saturated carbocycles. The number of hydrogen-bond acceptors (Lipinski definition) is 2. The Kier molecular flexibility index (Phi) is 6.77. The number of benzene rings is 2. The maximum atomic E-state index is 13.1. The highest BCUT2D eigenvalue weighted by atomic mass is 19.4. The van der Waals surface area contributed by atoms with Crippen molar-refractivity contribution in [3.05, 3.63) is 95.3 Å². The van der Waals surface area contributed by atoms with Crippen molar-refractivity contribution in [3.8, 4) is 0 Å². The second kappa shape index (κ2) is 9.75. The Labute approximate surface area is 196 Å². The Morgan fingerprint density at radius 2 is 1.76 bits per heavy atom. The van der Waals surface area contributed by atoms with Crippen molar-refractivity contribution in [1.82, 2.24) is 14.8 Å². The number of alkyl halides is 3. The maximum absolute atomic E-state index is 13.1. The fraction of sp³-hybridized carbons (Fsp3) is 0.308. The van der Waals surface area contributed by atoms with Crippen molar-refractivity contribution in [2.75, 3.05) is 6.54 Å². The number of halogens is 3. The summed E-state index contributed by atoms with van der Waals surface area (Å²) < 4.78 is 41.1. The number of nitrogens with one attached hydrogen (secondary N) is 1. The molecule has 4 rings (SSSR count). The summed E-state index contributed by atoms with van der Waals surface area (Å²) in [5.74, 6) is -0.516. The molecule has 2 atom stereocenters. The SMILES string of the molecule is CC(NC(=O)CCC(=O)N1CCn2cccc2C1c1ccccc1)c1cccc(C(F)(F)F)c1. The van der Waals surface area contributed by atoms with Gasteiger partial charge in [0.05, 0.1) is 17.6 Å². The molecule has 0 radical (unpaired) electrons. The highest BCUT2D eigenvalue weighted by molar-refractivity contribution is 5.84. The topological polar surface area (TPSA) is 54.3 Å². The van der Waals surface area contributed by atoms with E-state index in [1.54, 1.807) is 17.9 Å². The van der Waals surface area contributed by atoms with Crippen molar-refractivity contribution >= 4 is 11.8 Å². The van der Waals surface area contributed by atoms with Crippen LogP contribution in [-0.4, -0.2) is 27.8 Å². The first-order valence-corrected chi connectivity index (χ1v) is 11.2. The average Bonchev–Trinajstić information content (AvgIpc) is 3.31. The molecule has 1 N–H and O–H groups in total. The Hall–Kier alpha value is -3.55. The molecule has 0 spiro atoms. The second-order valence-corrected chi connectivity index (χ2v) is 8.44. The van der Waals surface area contributed by atoms with E-state index in [1.165, 1.54) is 6.07 Å². The van der Waals surface area contributed by atoms with Crippen LogP contribution in [0.3, 0.4) is 0 Å². The van der Waals surface area contributed by atoms with Gasteiger partial charge < -0.3 is 14.8 Å². The van der Waals surface area contributed by atoms with Gasteiger partial charge in [0.1, 0.15) is 0 Å². The summed E-state index contributed by atoms with van der Waals surface area (Å²) >= 11 is 0. The fourth-order valence-corrected chi connectivity index (χ4v) is 4.38.